The minimum atomic E-state index is -0.247. The molecular formula is C27H32ClN3O3. The molecule has 1 aromatic heterocycles. The maximum absolute atomic E-state index is 13.7. The highest BCUT2D eigenvalue weighted by atomic mass is 35.5. The standard InChI is InChI=1S/C27H32ClN3O3/c28-22-10-11-24(34-18-19-6-4-13-29-16-19)26-21(22)12-15-31(27(33)20-7-2-1-3-8-20)23(26)17-30-14-5-9-25(30)32/h4,6,10-11,13,16,20,23H,1-3,5,7-9,12,14-15,17-18H2/t23-/m1/s1. The SMILES string of the molecule is O=C1CCCN1C[C@@H]1c2c(OCc3cccnc3)ccc(Cl)c2CCN1C(=O)C1CCCCC1. The summed E-state index contributed by atoms with van der Waals surface area (Å²) in [7, 11) is 0. The second-order valence-electron chi connectivity index (χ2n) is 9.66. The Morgan fingerprint density at radius 1 is 1.09 bits per heavy atom. The Labute approximate surface area is 206 Å². The van der Waals surface area contributed by atoms with Crippen LogP contribution in [-0.4, -0.2) is 46.2 Å². The summed E-state index contributed by atoms with van der Waals surface area (Å²) < 4.78 is 6.30. The van der Waals surface area contributed by atoms with Crippen LogP contribution in [0.4, 0.5) is 0 Å². The Balaban J connectivity index is 1.49. The highest BCUT2D eigenvalue weighted by molar-refractivity contribution is 6.31. The van der Waals surface area contributed by atoms with Crippen molar-refractivity contribution in [3.05, 3.63) is 58.4 Å². The van der Waals surface area contributed by atoms with Gasteiger partial charge in [0.05, 0.1) is 6.04 Å². The number of amides is 2. The van der Waals surface area contributed by atoms with Crippen molar-refractivity contribution in [1.82, 2.24) is 14.8 Å². The molecule has 2 amide bonds. The first-order chi connectivity index (χ1) is 16.6. The van der Waals surface area contributed by atoms with E-state index in [0.717, 1.165) is 61.1 Å². The van der Waals surface area contributed by atoms with E-state index < -0.39 is 0 Å². The Morgan fingerprint density at radius 2 is 1.94 bits per heavy atom. The van der Waals surface area contributed by atoms with Crippen LogP contribution in [0.25, 0.3) is 0 Å². The van der Waals surface area contributed by atoms with Crippen LogP contribution < -0.4 is 4.74 Å². The van der Waals surface area contributed by atoms with E-state index in [-0.39, 0.29) is 23.8 Å². The van der Waals surface area contributed by atoms with Gasteiger partial charge in [-0.05, 0) is 49.4 Å². The first-order valence-electron chi connectivity index (χ1n) is 12.5. The Kier molecular flexibility index (Phi) is 7.05. The number of aromatic nitrogens is 1. The van der Waals surface area contributed by atoms with E-state index >= 15 is 0 Å². The van der Waals surface area contributed by atoms with Crippen LogP contribution in [0.15, 0.2) is 36.7 Å². The van der Waals surface area contributed by atoms with Gasteiger partial charge in [-0.1, -0.05) is 36.9 Å². The van der Waals surface area contributed by atoms with E-state index in [9.17, 15) is 9.59 Å². The van der Waals surface area contributed by atoms with Crippen molar-refractivity contribution in [3.63, 3.8) is 0 Å². The number of rotatable bonds is 6. The van der Waals surface area contributed by atoms with Crippen molar-refractivity contribution in [2.24, 2.45) is 5.92 Å². The fourth-order valence-electron chi connectivity index (χ4n) is 5.69. The number of fused-ring (bicyclic) bond motifs is 1. The van der Waals surface area contributed by atoms with Crippen LogP contribution >= 0.6 is 11.6 Å². The predicted molar refractivity (Wildman–Crippen MR) is 131 cm³/mol. The summed E-state index contributed by atoms with van der Waals surface area (Å²) in [6.07, 6.45) is 11.0. The number of ether oxygens (including phenoxy) is 1. The molecular weight excluding hydrogens is 450 g/mol. The van der Waals surface area contributed by atoms with Crippen molar-refractivity contribution >= 4 is 23.4 Å². The van der Waals surface area contributed by atoms with Gasteiger partial charge in [-0.15, -0.1) is 0 Å². The predicted octanol–water partition coefficient (Wildman–Crippen LogP) is 4.94. The molecule has 1 aromatic carbocycles. The van der Waals surface area contributed by atoms with Gasteiger partial charge < -0.3 is 14.5 Å². The minimum Gasteiger partial charge on any atom is -0.488 e. The number of carbonyl (C=O) groups excluding carboxylic acids is 2. The molecule has 3 heterocycles. The number of benzene rings is 1. The average molecular weight is 482 g/mol. The zero-order chi connectivity index (χ0) is 23.5. The molecule has 3 aliphatic rings. The number of nitrogens with zero attached hydrogens (tertiary/aromatic N) is 3. The summed E-state index contributed by atoms with van der Waals surface area (Å²) in [5.41, 5.74) is 2.98. The van der Waals surface area contributed by atoms with Gasteiger partial charge >= 0.3 is 0 Å². The molecule has 0 radical (unpaired) electrons. The van der Waals surface area contributed by atoms with Crippen LogP contribution in [0.2, 0.25) is 5.02 Å². The second-order valence-corrected chi connectivity index (χ2v) is 10.1. The van der Waals surface area contributed by atoms with Crippen molar-refractivity contribution in [2.75, 3.05) is 19.6 Å². The Hall–Kier alpha value is -2.60. The molecule has 1 saturated carbocycles. The lowest BCUT2D eigenvalue weighted by molar-refractivity contribution is -0.141. The molecule has 34 heavy (non-hydrogen) atoms. The maximum Gasteiger partial charge on any atom is 0.226 e. The van der Waals surface area contributed by atoms with E-state index in [1.807, 2.05) is 34.1 Å². The molecule has 2 fully saturated rings. The molecule has 0 N–H and O–H groups in total. The summed E-state index contributed by atoms with van der Waals surface area (Å²) in [6.45, 7) is 2.24. The number of likely N-dealkylation sites (tertiary alicyclic amines) is 1. The number of pyridine rings is 1. The van der Waals surface area contributed by atoms with E-state index in [0.29, 0.717) is 37.6 Å². The summed E-state index contributed by atoms with van der Waals surface area (Å²) in [6, 6.07) is 7.42. The van der Waals surface area contributed by atoms with Gasteiger partial charge in [-0.25, -0.2) is 0 Å². The first-order valence-corrected chi connectivity index (χ1v) is 12.9. The molecule has 5 rings (SSSR count). The fourth-order valence-corrected chi connectivity index (χ4v) is 5.95. The third kappa shape index (κ3) is 4.78. The normalized spacial score (nSPS) is 21.0. The first kappa shape index (κ1) is 23.2. The van der Waals surface area contributed by atoms with Crippen molar-refractivity contribution in [2.45, 2.75) is 64.0 Å². The smallest absolute Gasteiger partial charge is 0.226 e. The highest BCUT2D eigenvalue weighted by Gasteiger charge is 2.39. The molecule has 0 bridgehead atoms. The minimum absolute atomic E-state index is 0.0750. The van der Waals surface area contributed by atoms with Crippen molar-refractivity contribution < 1.29 is 14.3 Å². The zero-order valence-corrected chi connectivity index (χ0v) is 20.3. The lowest BCUT2D eigenvalue weighted by Crippen LogP contribution is -2.48. The van der Waals surface area contributed by atoms with Crippen LogP contribution in [0.5, 0.6) is 5.75 Å². The molecule has 7 heteroatoms. The summed E-state index contributed by atoms with van der Waals surface area (Å²) in [5.74, 6) is 1.20. The van der Waals surface area contributed by atoms with Crippen LogP contribution in [0, 0.1) is 5.92 Å². The molecule has 2 aromatic rings. The zero-order valence-electron chi connectivity index (χ0n) is 19.5. The van der Waals surface area contributed by atoms with E-state index in [1.54, 1.807) is 12.4 Å². The molecule has 0 spiro atoms. The Morgan fingerprint density at radius 3 is 2.68 bits per heavy atom. The van der Waals surface area contributed by atoms with E-state index in [2.05, 4.69) is 4.98 Å². The monoisotopic (exact) mass is 481 g/mol. The van der Waals surface area contributed by atoms with E-state index in [1.165, 1.54) is 6.42 Å². The topological polar surface area (TPSA) is 62.7 Å². The lowest BCUT2D eigenvalue weighted by Gasteiger charge is -2.42. The van der Waals surface area contributed by atoms with Gasteiger partial charge in [0, 0.05) is 60.5 Å². The van der Waals surface area contributed by atoms with Crippen molar-refractivity contribution in [3.8, 4) is 5.75 Å². The van der Waals surface area contributed by atoms with Crippen molar-refractivity contribution in [1.29, 1.82) is 0 Å². The maximum atomic E-state index is 13.7. The fraction of sp³-hybridized carbons (Fsp3) is 0.519. The molecule has 6 nitrogen and oxygen atoms in total. The van der Waals surface area contributed by atoms with Gasteiger partial charge in [-0.2, -0.15) is 0 Å². The van der Waals surface area contributed by atoms with Gasteiger partial charge in [-0.3, -0.25) is 14.6 Å². The van der Waals surface area contributed by atoms with Crippen LogP contribution in [-0.2, 0) is 22.6 Å². The summed E-state index contributed by atoms with van der Waals surface area (Å²) >= 11 is 6.67. The molecule has 1 atom stereocenters. The molecule has 2 aliphatic heterocycles. The van der Waals surface area contributed by atoms with Gasteiger partial charge in [0.25, 0.3) is 0 Å². The number of hydrogen-bond donors (Lipinski definition) is 0. The molecule has 180 valence electrons. The van der Waals surface area contributed by atoms with Gasteiger partial charge in [0.2, 0.25) is 11.8 Å². The number of hydrogen-bond acceptors (Lipinski definition) is 4. The molecule has 1 aliphatic carbocycles. The summed E-state index contributed by atoms with van der Waals surface area (Å²) in [5, 5.41) is 0.700. The number of halogens is 1. The summed E-state index contributed by atoms with van der Waals surface area (Å²) in [4.78, 5) is 34.4. The number of carbonyl (C=O) groups is 2. The third-order valence-electron chi connectivity index (χ3n) is 7.49. The van der Waals surface area contributed by atoms with Crippen LogP contribution in [0.1, 0.15) is 67.7 Å². The lowest BCUT2D eigenvalue weighted by atomic mass is 9.85. The second kappa shape index (κ2) is 10.3. The quantitative estimate of drug-likeness (QED) is 0.586. The highest BCUT2D eigenvalue weighted by Crippen LogP contribution is 2.42. The van der Waals surface area contributed by atoms with Gasteiger partial charge in [0.1, 0.15) is 12.4 Å². The molecule has 0 unspecified atom stereocenters. The molecule has 1 saturated heterocycles. The van der Waals surface area contributed by atoms with Crippen LogP contribution in [0.3, 0.4) is 0 Å². The third-order valence-corrected chi connectivity index (χ3v) is 7.85. The van der Waals surface area contributed by atoms with Gasteiger partial charge in [0.15, 0.2) is 0 Å². The Bertz CT molecular complexity index is 1040. The van der Waals surface area contributed by atoms with E-state index in [4.69, 9.17) is 16.3 Å². The largest absolute Gasteiger partial charge is 0.488 e. The average Bonchev–Trinajstić information content (AvgIpc) is 3.28.